The molecule has 4 N–H and O–H groups in total. The monoisotopic (exact) mass is 115 g/mol. The van der Waals surface area contributed by atoms with Gasteiger partial charge < -0.3 is 15.9 Å². The second-order valence-electron chi connectivity index (χ2n) is 1.94. The van der Waals surface area contributed by atoms with Gasteiger partial charge in [0, 0.05) is 0 Å². The van der Waals surface area contributed by atoms with Crippen molar-refractivity contribution in [2.24, 2.45) is 5.73 Å². The van der Waals surface area contributed by atoms with Crippen molar-refractivity contribution in [1.82, 2.24) is 0 Å². The number of aliphatic hydroxyl groups excluding tert-OH is 2. The molecule has 3 atom stereocenters. The summed E-state index contributed by atoms with van der Waals surface area (Å²) in [7, 11) is 0. The molecule has 0 aliphatic heterocycles. The van der Waals surface area contributed by atoms with E-state index >= 15 is 0 Å². The zero-order chi connectivity index (χ0) is 6.15. The van der Waals surface area contributed by atoms with Crippen LogP contribution in [0.15, 0.2) is 12.2 Å². The van der Waals surface area contributed by atoms with Gasteiger partial charge >= 0.3 is 0 Å². The van der Waals surface area contributed by atoms with Gasteiger partial charge in [-0.05, 0) is 0 Å². The minimum atomic E-state index is -0.796. The zero-order valence-corrected chi connectivity index (χ0v) is 4.36. The molecule has 0 amide bonds. The minimum absolute atomic E-state index is 0.384. The van der Waals surface area contributed by atoms with Crippen molar-refractivity contribution in [2.45, 2.75) is 18.2 Å². The van der Waals surface area contributed by atoms with E-state index in [0.29, 0.717) is 0 Å². The average molecular weight is 115 g/mol. The first-order chi connectivity index (χ1) is 3.72. The largest absolute Gasteiger partial charge is 0.388 e. The smallest absolute Gasteiger partial charge is 0.102 e. The van der Waals surface area contributed by atoms with Gasteiger partial charge in [0.25, 0.3) is 0 Å². The average Bonchev–Trinajstić information content (AvgIpc) is 1.98. The van der Waals surface area contributed by atoms with Crippen LogP contribution in [0, 0.1) is 0 Å². The van der Waals surface area contributed by atoms with Crippen LogP contribution in [0.3, 0.4) is 0 Å². The SMILES string of the molecule is N[C@@H]1C=C[C@@H](O)[C@H]1O. The van der Waals surface area contributed by atoms with Crippen molar-refractivity contribution in [3.8, 4) is 0 Å². The highest BCUT2D eigenvalue weighted by Gasteiger charge is 2.24. The quantitative estimate of drug-likeness (QED) is 0.340. The van der Waals surface area contributed by atoms with Crippen molar-refractivity contribution in [3.63, 3.8) is 0 Å². The number of nitrogens with two attached hydrogens (primary N) is 1. The van der Waals surface area contributed by atoms with Crippen molar-refractivity contribution in [2.75, 3.05) is 0 Å². The zero-order valence-electron chi connectivity index (χ0n) is 4.36. The van der Waals surface area contributed by atoms with Gasteiger partial charge in [-0.25, -0.2) is 0 Å². The molecule has 0 bridgehead atoms. The standard InChI is InChI=1S/C5H9NO2/c6-3-1-2-4(7)5(3)8/h1-5,7-8H,6H2/t3-,4-,5+/m1/s1. The Labute approximate surface area is 47.4 Å². The number of hydrogen-bond acceptors (Lipinski definition) is 3. The topological polar surface area (TPSA) is 66.5 Å². The Kier molecular flexibility index (Phi) is 1.33. The van der Waals surface area contributed by atoms with Gasteiger partial charge in [0.05, 0.1) is 12.1 Å². The molecular weight excluding hydrogens is 106 g/mol. The summed E-state index contributed by atoms with van der Waals surface area (Å²) < 4.78 is 0. The van der Waals surface area contributed by atoms with Crippen LogP contribution in [0.4, 0.5) is 0 Å². The summed E-state index contributed by atoms with van der Waals surface area (Å²) in [5, 5.41) is 17.6. The Morgan fingerprint density at radius 1 is 1.25 bits per heavy atom. The lowest BCUT2D eigenvalue weighted by atomic mass is 10.2. The molecular formula is C5H9NO2. The summed E-state index contributed by atoms with van der Waals surface area (Å²) in [4.78, 5) is 0. The highest BCUT2D eigenvalue weighted by Crippen LogP contribution is 2.08. The molecule has 1 aliphatic carbocycles. The molecule has 1 aliphatic rings. The molecule has 3 nitrogen and oxygen atoms in total. The van der Waals surface area contributed by atoms with Crippen LogP contribution >= 0.6 is 0 Å². The molecule has 0 aromatic rings. The van der Waals surface area contributed by atoms with Crippen LogP contribution in [-0.2, 0) is 0 Å². The van der Waals surface area contributed by atoms with Gasteiger partial charge in [-0.1, -0.05) is 12.2 Å². The Morgan fingerprint density at radius 3 is 2.00 bits per heavy atom. The lowest BCUT2D eigenvalue weighted by Crippen LogP contribution is -2.35. The van der Waals surface area contributed by atoms with Crippen molar-refractivity contribution in [1.29, 1.82) is 0 Å². The Bertz CT molecular complexity index is 101. The molecule has 1 rings (SSSR count). The van der Waals surface area contributed by atoms with E-state index in [4.69, 9.17) is 15.9 Å². The van der Waals surface area contributed by atoms with Crippen molar-refractivity contribution in [3.05, 3.63) is 12.2 Å². The first-order valence-corrected chi connectivity index (χ1v) is 2.52. The van der Waals surface area contributed by atoms with E-state index in [1.165, 1.54) is 6.08 Å². The van der Waals surface area contributed by atoms with Crippen molar-refractivity contribution >= 4 is 0 Å². The maximum absolute atomic E-state index is 8.83. The van der Waals surface area contributed by atoms with E-state index in [-0.39, 0.29) is 6.04 Å². The van der Waals surface area contributed by atoms with E-state index in [1.807, 2.05) is 0 Å². The van der Waals surface area contributed by atoms with Crippen LogP contribution in [0.1, 0.15) is 0 Å². The third-order valence-electron chi connectivity index (χ3n) is 1.27. The Hall–Kier alpha value is -0.380. The van der Waals surface area contributed by atoms with Gasteiger partial charge in [0.1, 0.15) is 6.10 Å². The normalized spacial score (nSPS) is 45.6. The van der Waals surface area contributed by atoms with E-state index in [0.717, 1.165) is 0 Å². The Balaban J connectivity index is 2.55. The predicted octanol–water partition coefficient (Wildman–Crippen LogP) is -1.39. The fourth-order valence-electron chi connectivity index (χ4n) is 0.698. The first-order valence-electron chi connectivity index (χ1n) is 2.52. The van der Waals surface area contributed by atoms with E-state index in [2.05, 4.69) is 0 Å². The molecule has 8 heavy (non-hydrogen) atoms. The molecule has 0 unspecified atom stereocenters. The maximum Gasteiger partial charge on any atom is 0.102 e. The molecule has 0 saturated carbocycles. The molecule has 0 aromatic heterocycles. The molecule has 0 radical (unpaired) electrons. The summed E-state index contributed by atoms with van der Waals surface area (Å²) in [6.45, 7) is 0. The molecule has 0 heterocycles. The minimum Gasteiger partial charge on any atom is -0.388 e. The lowest BCUT2D eigenvalue weighted by Gasteiger charge is -2.10. The van der Waals surface area contributed by atoms with Crippen LogP contribution in [0.2, 0.25) is 0 Å². The molecule has 3 heteroatoms. The van der Waals surface area contributed by atoms with Gasteiger partial charge in [0.15, 0.2) is 0 Å². The molecule has 0 spiro atoms. The van der Waals surface area contributed by atoms with Crippen LogP contribution < -0.4 is 5.73 Å². The predicted molar refractivity (Wildman–Crippen MR) is 29.1 cm³/mol. The van der Waals surface area contributed by atoms with E-state index in [9.17, 15) is 0 Å². The maximum atomic E-state index is 8.83. The van der Waals surface area contributed by atoms with Crippen LogP contribution in [-0.4, -0.2) is 28.5 Å². The number of rotatable bonds is 0. The van der Waals surface area contributed by atoms with Gasteiger partial charge in [-0.2, -0.15) is 0 Å². The summed E-state index contributed by atoms with van der Waals surface area (Å²) in [5.74, 6) is 0. The molecule has 0 fully saturated rings. The first kappa shape index (κ1) is 5.75. The molecule has 0 saturated heterocycles. The fraction of sp³-hybridized carbons (Fsp3) is 0.600. The summed E-state index contributed by atoms with van der Waals surface area (Å²) in [6, 6.07) is -0.384. The summed E-state index contributed by atoms with van der Waals surface area (Å²) in [6.07, 6.45) is 1.53. The second kappa shape index (κ2) is 1.85. The molecule has 46 valence electrons. The fourth-order valence-corrected chi connectivity index (χ4v) is 0.698. The number of hydrogen-bond donors (Lipinski definition) is 3. The number of aliphatic hydroxyl groups is 2. The van der Waals surface area contributed by atoms with Crippen molar-refractivity contribution < 1.29 is 10.2 Å². The van der Waals surface area contributed by atoms with E-state index < -0.39 is 12.2 Å². The van der Waals surface area contributed by atoms with Gasteiger partial charge in [-0.3, -0.25) is 0 Å². The van der Waals surface area contributed by atoms with Crippen LogP contribution in [0.25, 0.3) is 0 Å². The van der Waals surface area contributed by atoms with Gasteiger partial charge in [-0.15, -0.1) is 0 Å². The Morgan fingerprint density at radius 2 is 1.88 bits per heavy atom. The van der Waals surface area contributed by atoms with Crippen LogP contribution in [0.5, 0.6) is 0 Å². The summed E-state index contributed by atoms with van der Waals surface area (Å²) in [5.41, 5.74) is 5.27. The third kappa shape index (κ3) is 0.753. The third-order valence-corrected chi connectivity index (χ3v) is 1.27. The highest BCUT2D eigenvalue weighted by atomic mass is 16.3. The van der Waals surface area contributed by atoms with Gasteiger partial charge in [0.2, 0.25) is 0 Å². The highest BCUT2D eigenvalue weighted by molar-refractivity contribution is 5.10. The van der Waals surface area contributed by atoms with E-state index in [1.54, 1.807) is 6.08 Å². The molecule has 0 aromatic carbocycles. The second-order valence-corrected chi connectivity index (χ2v) is 1.94. The lowest BCUT2D eigenvalue weighted by molar-refractivity contribution is 0.0518. The summed E-state index contributed by atoms with van der Waals surface area (Å²) >= 11 is 0.